The number of primary sulfonamides is 1. The van der Waals surface area contributed by atoms with Gasteiger partial charge in [0.05, 0.1) is 0 Å². The van der Waals surface area contributed by atoms with Crippen molar-refractivity contribution in [1.82, 2.24) is 9.97 Å². The first kappa shape index (κ1) is 14.0. The van der Waals surface area contributed by atoms with Gasteiger partial charge in [0.1, 0.15) is 11.4 Å². The summed E-state index contributed by atoms with van der Waals surface area (Å²) >= 11 is 0. The van der Waals surface area contributed by atoms with E-state index >= 15 is 0 Å². The summed E-state index contributed by atoms with van der Waals surface area (Å²) in [4.78, 5) is 8.15. The van der Waals surface area contributed by atoms with E-state index in [1.807, 2.05) is 6.92 Å². The zero-order chi connectivity index (χ0) is 13.1. The molecule has 7 heteroatoms. The Kier molecular flexibility index (Phi) is 4.55. The first-order chi connectivity index (χ1) is 7.86. The lowest BCUT2D eigenvalue weighted by Gasteiger charge is -2.20. The van der Waals surface area contributed by atoms with Gasteiger partial charge in [-0.25, -0.2) is 23.5 Å². The number of nitrogens with two attached hydrogens (primary N) is 1. The highest BCUT2D eigenvalue weighted by Crippen LogP contribution is 2.21. The van der Waals surface area contributed by atoms with Crippen molar-refractivity contribution in [2.24, 2.45) is 5.14 Å². The Labute approximate surface area is 101 Å². The Bertz CT molecular complexity index is 458. The van der Waals surface area contributed by atoms with E-state index in [9.17, 15) is 8.42 Å². The summed E-state index contributed by atoms with van der Waals surface area (Å²) in [6, 6.07) is 0. The third kappa shape index (κ3) is 3.72. The Balaban J connectivity index is 3.05. The molecular weight excluding hydrogens is 242 g/mol. The van der Waals surface area contributed by atoms with Crippen molar-refractivity contribution in [3.8, 4) is 0 Å². The number of aryl methyl sites for hydroxylation is 1. The van der Waals surface area contributed by atoms with Crippen LogP contribution >= 0.6 is 0 Å². The van der Waals surface area contributed by atoms with Gasteiger partial charge in [0.25, 0.3) is 0 Å². The van der Waals surface area contributed by atoms with Crippen molar-refractivity contribution >= 4 is 10.0 Å². The highest BCUT2D eigenvalue weighted by atomic mass is 32.2. The average molecular weight is 259 g/mol. The second-order valence-corrected chi connectivity index (χ2v) is 5.71. The largest absolute Gasteiger partial charge is 0.369 e. The zero-order valence-corrected chi connectivity index (χ0v) is 10.9. The van der Waals surface area contributed by atoms with Crippen molar-refractivity contribution in [2.45, 2.75) is 32.1 Å². The molecule has 1 aromatic heterocycles. The molecule has 0 unspecified atom stereocenters. The van der Waals surface area contributed by atoms with E-state index in [-0.39, 0.29) is 0 Å². The minimum Gasteiger partial charge on any atom is -0.369 e. The van der Waals surface area contributed by atoms with Crippen LogP contribution in [0.2, 0.25) is 0 Å². The molecule has 2 N–H and O–H groups in total. The predicted octanol–water partition coefficient (Wildman–Crippen LogP) is 0.540. The minimum absolute atomic E-state index is 0.332. The quantitative estimate of drug-likeness (QED) is 0.832. The second-order valence-electron chi connectivity index (χ2n) is 3.79. The standard InChI is InChI=1S/C10H17N3O3S/c1-4-16-9(8(3)17(11,14)15)10-12-5-7(2)6-13-10/h5-6,8-9H,4H2,1-3H3,(H2,11,14,15)/t8-,9+/m0/s1. The fourth-order valence-corrected chi connectivity index (χ4v) is 1.87. The Morgan fingerprint density at radius 3 is 2.35 bits per heavy atom. The van der Waals surface area contributed by atoms with Gasteiger partial charge >= 0.3 is 0 Å². The predicted molar refractivity (Wildman–Crippen MR) is 63.7 cm³/mol. The van der Waals surface area contributed by atoms with Crippen molar-refractivity contribution in [1.29, 1.82) is 0 Å². The summed E-state index contributed by atoms with van der Waals surface area (Å²) in [5.74, 6) is 0.332. The van der Waals surface area contributed by atoms with E-state index in [1.165, 1.54) is 6.92 Å². The Morgan fingerprint density at radius 2 is 1.94 bits per heavy atom. The summed E-state index contributed by atoms with van der Waals surface area (Å²) < 4.78 is 28.0. The summed E-state index contributed by atoms with van der Waals surface area (Å²) in [7, 11) is -3.69. The third-order valence-electron chi connectivity index (χ3n) is 2.35. The first-order valence-electron chi connectivity index (χ1n) is 5.28. The molecule has 1 heterocycles. The number of hydrogen-bond donors (Lipinski definition) is 1. The molecule has 17 heavy (non-hydrogen) atoms. The molecule has 0 amide bonds. The van der Waals surface area contributed by atoms with Crippen LogP contribution in [0.5, 0.6) is 0 Å². The maximum atomic E-state index is 11.3. The van der Waals surface area contributed by atoms with Gasteiger partial charge in [0.15, 0.2) is 5.82 Å². The number of sulfonamides is 1. The fourth-order valence-electron chi connectivity index (χ4n) is 1.32. The van der Waals surface area contributed by atoms with Gasteiger partial charge in [0.2, 0.25) is 10.0 Å². The molecule has 0 aliphatic rings. The Morgan fingerprint density at radius 1 is 1.41 bits per heavy atom. The normalized spacial score (nSPS) is 15.5. The van der Waals surface area contributed by atoms with Gasteiger partial charge in [-0.1, -0.05) is 0 Å². The number of nitrogens with zero attached hydrogens (tertiary/aromatic N) is 2. The van der Waals surface area contributed by atoms with Crippen LogP contribution in [0.15, 0.2) is 12.4 Å². The first-order valence-corrected chi connectivity index (χ1v) is 6.89. The van der Waals surface area contributed by atoms with Gasteiger partial charge in [0, 0.05) is 19.0 Å². The molecule has 0 aliphatic heterocycles. The van der Waals surface area contributed by atoms with Gasteiger partial charge in [-0.3, -0.25) is 0 Å². The Hall–Kier alpha value is -1.05. The van der Waals surface area contributed by atoms with Crippen LogP contribution in [-0.4, -0.2) is 30.2 Å². The molecule has 96 valence electrons. The van der Waals surface area contributed by atoms with Crippen LogP contribution in [0.3, 0.4) is 0 Å². The molecular formula is C10H17N3O3S. The van der Waals surface area contributed by atoms with E-state index in [0.29, 0.717) is 12.4 Å². The van der Waals surface area contributed by atoms with Crippen LogP contribution in [0.4, 0.5) is 0 Å². The van der Waals surface area contributed by atoms with Crippen LogP contribution < -0.4 is 5.14 Å². The summed E-state index contributed by atoms with van der Waals surface area (Å²) in [5.41, 5.74) is 0.896. The smallest absolute Gasteiger partial charge is 0.214 e. The van der Waals surface area contributed by atoms with Gasteiger partial charge in [-0.2, -0.15) is 0 Å². The summed E-state index contributed by atoms with van der Waals surface area (Å²) in [5, 5.41) is 4.23. The molecule has 0 spiro atoms. The summed E-state index contributed by atoms with van der Waals surface area (Å²) in [6.45, 7) is 5.47. The van der Waals surface area contributed by atoms with Crippen LogP contribution in [0.25, 0.3) is 0 Å². The van der Waals surface area contributed by atoms with Crippen molar-refractivity contribution in [3.05, 3.63) is 23.8 Å². The monoisotopic (exact) mass is 259 g/mol. The molecule has 2 atom stereocenters. The SMILES string of the molecule is CCO[C@@H](c1ncc(C)cn1)[C@H](C)S(N)(=O)=O. The summed E-state index contributed by atoms with van der Waals surface area (Å²) in [6.07, 6.45) is 2.49. The van der Waals surface area contributed by atoms with Crippen LogP contribution in [-0.2, 0) is 14.8 Å². The molecule has 0 bridgehead atoms. The van der Waals surface area contributed by atoms with E-state index in [4.69, 9.17) is 9.88 Å². The van der Waals surface area contributed by atoms with E-state index < -0.39 is 21.4 Å². The van der Waals surface area contributed by atoms with Crippen molar-refractivity contribution in [3.63, 3.8) is 0 Å². The lowest BCUT2D eigenvalue weighted by Crippen LogP contribution is -2.33. The van der Waals surface area contributed by atoms with Gasteiger partial charge in [-0.15, -0.1) is 0 Å². The highest BCUT2D eigenvalue weighted by Gasteiger charge is 2.30. The number of aromatic nitrogens is 2. The van der Waals surface area contributed by atoms with E-state index in [2.05, 4.69) is 9.97 Å². The number of ether oxygens (including phenoxy) is 1. The molecule has 0 fully saturated rings. The minimum atomic E-state index is -3.69. The van der Waals surface area contributed by atoms with E-state index in [0.717, 1.165) is 5.56 Å². The topological polar surface area (TPSA) is 95.2 Å². The highest BCUT2D eigenvalue weighted by molar-refractivity contribution is 7.89. The fraction of sp³-hybridized carbons (Fsp3) is 0.600. The molecule has 6 nitrogen and oxygen atoms in total. The maximum Gasteiger partial charge on any atom is 0.214 e. The number of hydrogen-bond acceptors (Lipinski definition) is 5. The molecule has 1 aromatic rings. The van der Waals surface area contributed by atoms with Crippen molar-refractivity contribution in [2.75, 3.05) is 6.61 Å². The van der Waals surface area contributed by atoms with Crippen LogP contribution in [0, 0.1) is 6.92 Å². The lowest BCUT2D eigenvalue weighted by atomic mass is 10.2. The van der Waals surface area contributed by atoms with Gasteiger partial charge in [-0.05, 0) is 26.3 Å². The maximum absolute atomic E-state index is 11.3. The van der Waals surface area contributed by atoms with Crippen LogP contribution in [0.1, 0.15) is 31.3 Å². The third-order valence-corrected chi connectivity index (χ3v) is 3.63. The average Bonchev–Trinajstić information content (AvgIpc) is 2.25. The lowest BCUT2D eigenvalue weighted by molar-refractivity contribution is 0.0556. The zero-order valence-electron chi connectivity index (χ0n) is 10.1. The van der Waals surface area contributed by atoms with Gasteiger partial charge < -0.3 is 4.74 Å². The second kappa shape index (κ2) is 5.52. The van der Waals surface area contributed by atoms with Crippen molar-refractivity contribution < 1.29 is 13.2 Å². The number of rotatable bonds is 5. The molecule has 0 saturated carbocycles. The molecule has 0 radical (unpaired) electrons. The van der Waals surface area contributed by atoms with E-state index in [1.54, 1.807) is 19.3 Å². The molecule has 0 aromatic carbocycles. The molecule has 1 rings (SSSR count). The molecule has 0 aliphatic carbocycles. The molecule has 0 saturated heterocycles.